The highest BCUT2D eigenvalue weighted by molar-refractivity contribution is 5.43. The predicted octanol–water partition coefficient (Wildman–Crippen LogP) is 25.1. The van der Waals surface area contributed by atoms with E-state index in [9.17, 15) is 0 Å². The number of fused-ring (bicyclic) bond motifs is 4. The fraction of sp³-hybridized carbons (Fsp3) is 0.586. The molecule has 0 amide bonds. The Hall–Kier alpha value is -4.68. The van der Waals surface area contributed by atoms with Crippen LogP contribution in [0.4, 0.5) is 0 Å². The molecule has 0 N–H and O–H groups in total. The van der Waals surface area contributed by atoms with Crippen LogP contribution in [0, 0.1) is 125 Å². The first-order chi connectivity index (χ1) is 42.0. The number of benzene rings is 6. The summed E-state index contributed by atoms with van der Waals surface area (Å²) in [5.74, 6) is 11.7. The summed E-state index contributed by atoms with van der Waals surface area (Å²) in [6.07, 6.45) is 38.0. The summed E-state index contributed by atoms with van der Waals surface area (Å²) in [5.41, 5.74) is 28.4. The van der Waals surface area contributed by atoms with Crippen molar-refractivity contribution in [3.63, 3.8) is 0 Å². The molecule has 6 aromatic carbocycles. The Kier molecular flexibility index (Phi) is 21.0. The molecule has 11 aliphatic rings. The molecule has 0 spiro atoms. The topological polar surface area (TPSA) is 0 Å². The van der Waals surface area contributed by atoms with E-state index >= 15 is 0 Å². The van der Waals surface area contributed by atoms with Gasteiger partial charge >= 0.3 is 0 Å². The Morgan fingerprint density at radius 1 is 0.276 bits per heavy atom. The molecule has 3 unspecified atom stereocenters. The maximum absolute atomic E-state index is 2.43. The fourth-order valence-corrected chi connectivity index (χ4v) is 20.3. The monoisotopic (exact) mass is 1160 g/mol. The van der Waals surface area contributed by atoms with Crippen LogP contribution in [0.2, 0.25) is 0 Å². The number of hydrogen-bond donors (Lipinski definition) is 0. The Labute approximate surface area is 532 Å². The van der Waals surface area contributed by atoms with Gasteiger partial charge in [-0.2, -0.15) is 0 Å². The van der Waals surface area contributed by atoms with Crippen molar-refractivity contribution in [1.82, 2.24) is 0 Å². The lowest BCUT2D eigenvalue weighted by Gasteiger charge is -2.55. The smallest absolute Gasteiger partial charge is 0.00414 e. The van der Waals surface area contributed by atoms with Gasteiger partial charge in [0.1, 0.15) is 0 Å². The summed E-state index contributed by atoms with van der Waals surface area (Å²) in [7, 11) is 0. The van der Waals surface area contributed by atoms with Crippen molar-refractivity contribution in [3.8, 4) is 0 Å². The first-order valence-corrected chi connectivity index (χ1v) is 36.4. The third-order valence-corrected chi connectivity index (χ3v) is 26.3. The molecule has 0 saturated heterocycles. The van der Waals surface area contributed by atoms with E-state index in [1.54, 1.807) is 56.5 Å². The molecule has 11 aliphatic carbocycles. The number of aryl methyl sites for hydroxylation is 6. The molecule has 0 aliphatic heterocycles. The molecule has 8 bridgehead atoms. The van der Waals surface area contributed by atoms with Gasteiger partial charge in [0, 0.05) is 0 Å². The van der Waals surface area contributed by atoms with Crippen LogP contribution in [0.5, 0.6) is 0 Å². The molecule has 6 aromatic rings. The molecular weight excluding hydrogens is 1040 g/mol. The average Bonchev–Trinajstić information content (AvgIpc) is 2.23. The van der Waals surface area contributed by atoms with Crippen LogP contribution in [-0.2, 0) is 5.41 Å². The van der Waals surface area contributed by atoms with Gasteiger partial charge in [0.05, 0.1) is 0 Å². The maximum atomic E-state index is 2.43. The summed E-state index contributed by atoms with van der Waals surface area (Å²) in [6.45, 7) is 27.2. The quantitative estimate of drug-likeness (QED) is 0.156. The van der Waals surface area contributed by atoms with Gasteiger partial charge in [0.2, 0.25) is 0 Å². The van der Waals surface area contributed by atoms with Gasteiger partial charge in [-0.05, 0) is 382 Å². The third kappa shape index (κ3) is 14.4. The van der Waals surface area contributed by atoms with Gasteiger partial charge < -0.3 is 0 Å². The van der Waals surface area contributed by atoms with Crippen molar-refractivity contribution >= 4 is 0 Å². The van der Waals surface area contributed by atoms with Crippen molar-refractivity contribution in [1.29, 1.82) is 0 Å². The van der Waals surface area contributed by atoms with E-state index in [4.69, 9.17) is 0 Å². The first kappa shape index (κ1) is 63.9. The Morgan fingerprint density at radius 3 is 1.03 bits per heavy atom. The Bertz CT molecular complexity index is 3200. The van der Waals surface area contributed by atoms with Crippen LogP contribution in [0.15, 0.2) is 109 Å². The Balaban J connectivity index is 0.000000109. The lowest BCUT2D eigenvalue weighted by Crippen LogP contribution is -2.44. The summed E-state index contributed by atoms with van der Waals surface area (Å²) < 4.78 is 0. The van der Waals surface area contributed by atoms with Crippen molar-refractivity contribution in [3.05, 3.63) is 209 Å². The molecule has 0 heterocycles. The SMILES string of the molecule is Cc1cccc(C23CCC(CC2)C3)c1C.Cc1cccc(C2C3CC4CC(C3)CC2C4)c1C.Cc1cccc(C2CC3CCC2C3)c1C.Cc1cccc(C2CCC2)c1C.Cc1cccc(C2CCCC2)c1C.Cc1cccc(C2CCCCC2)c1C. The van der Waals surface area contributed by atoms with Crippen molar-refractivity contribution in [2.75, 3.05) is 0 Å². The minimum Gasteiger partial charge on any atom is -0.0617 e. The molecular formula is C87H118. The van der Waals surface area contributed by atoms with Crippen LogP contribution >= 0.6 is 0 Å². The summed E-state index contributed by atoms with van der Waals surface area (Å²) >= 11 is 0. The molecule has 11 saturated carbocycles. The molecule has 0 radical (unpaired) electrons. The lowest BCUT2D eigenvalue weighted by atomic mass is 9.50. The molecule has 0 nitrogen and oxygen atoms in total. The van der Waals surface area contributed by atoms with Gasteiger partial charge in [0.25, 0.3) is 0 Å². The second-order valence-corrected chi connectivity index (χ2v) is 31.3. The maximum Gasteiger partial charge on any atom is -0.00414 e. The molecule has 0 aromatic heterocycles. The highest BCUT2D eigenvalue weighted by Crippen LogP contribution is 2.61. The minimum atomic E-state index is 0.584. The summed E-state index contributed by atoms with van der Waals surface area (Å²) in [5, 5.41) is 0. The van der Waals surface area contributed by atoms with E-state index in [2.05, 4.69) is 192 Å². The number of hydrogen-bond acceptors (Lipinski definition) is 0. The van der Waals surface area contributed by atoms with Crippen molar-refractivity contribution in [2.24, 2.45) is 41.4 Å². The average molecular weight is 1160 g/mol. The van der Waals surface area contributed by atoms with Crippen LogP contribution in [0.3, 0.4) is 0 Å². The van der Waals surface area contributed by atoms with E-state index in [0.717, 1.165) is 71.0 Å². The van der Waals surface area contributed by atoms with Gasteiger partial charge in [-0.3, -0.25) is 0 Å². The van der Waals surface area contributed by atoms with Crippen LogP contribution in [0.25, 0.3) is 0 Å². The molecule has 3 atom stereocenters. The molecule has 87 heavy (non-hydrogen) atoms. The standard InChI is InChI=1S/C18H24.2C15H20.C14H20.C13H18.C12H16/c1-11-4-3-5-17(12(11)2)18-15-7-13-6-14(9-15)10-16(18)8-13;1-11-4-3-5-14(12(11)2)15-8-6-13(10-15)7-9-15;1-10-4-3-5-14(11(10)2)15-9-12-6-7-13(15)8-12;1-11-7-6-10-14(12(11)2)13-8-4-3-5-9-13;1-10-6-5-9-13(11(10)2)12-7-3-4-8-12;1-9-5-3-8-12(10(9)2)11-6-4-7-11/h3-5,13-16,18H,6-10H2,1-2H3;3-5,13H,6-10H2,1-2H3;3-5,12-13,15H,6-9H2,1-2H3;6-7,10,13H,3-5,8-9H2,1-2H3;5-6,9,12H,3-4,7-8H2,1-2H3;3,5,8,11H,4,6-7H2,1-2H3. The molecule has 17 rings (SSSR count). The molecule has 11 fully saturated rings. The molecule has 0 heteroatoms. The van der Waals surface area contributed by atoms with Crippen LogP contribution < -0.4 is 0 Å². The summed E-state index contributed by atoms with van der Waals surface area (Å²) in [4.78, 5) is 0. The predicted molar refractivity (Wildman–Crippen MR) is 375 cm³/mol. The second-order valence-electron chi connectivity index (χ2n) is 31.3. The zero-order valence-electron chi connectivity index (χ0n) is 57.2. The second kappa shape index (κ2) is 28.6. The van der Waals surface area contributed by atoms with E-state index in [-0.39, 0.29) is 0 Å². The molecule has 466 valence electrons. The van der Waals surface area contributed by atoms with Gasteiger partial charge in [-0.15, -0.1) is 0 Å². The van der Waals surface area contributed by atoms with E-state index in [1.807, 2.05) is 0 Å². The van der Waals surface area contributed by atoms with E-state index in [1.165, 1.54) is 211 Å². The van der Waals surface area contributed by atoms with Crippen LogP contribution in [-0.4, -0.2) is 0 Å². The fourth-order valence-electron chi connectivity index (χ4n) is 20.3. The van der Waals surface area contributed by atoms with Gasteiger partial charge in [-0.1, -0.05) is 154 Å². The normalized spacial score (nSPS) is 28.2. The zero-order valence-corrected chi connectivity index (χ0v) is 57.2. The van der Waals surface area contributed by atoms with E-state index in [0.29, 0.717) is 5.41 Å². The van der Waals surface area contributed by atoms with E-state index < -0.39 is 0 Å². The first-order valence-electron chi connectivity index (χ1n) is 36.4. The van der Waals surface area contributed by atoms with Crippen molar-refractivity contribution in [2.45, 2.75) is 285 Å². The zero-order chi connectivity index (χ0) is 60.9. The summed E-state index contributed by atoms with van der Waals surface area (Å²) in [6, 6.07) is 40.9. The third-order valence-electron chi connectivity index (χ3n) is 26.3. The highest BCUT2D eigenvalue weighted by Gasteiger charge is 2.49. The number of rotatable bonds is 6. The van der Waals surface area contributed by atoms with Gasteiger partial charge in [0.15, 0.2) is 0 Å². The lowest BCUT2D eigenvalue weighted by molar-refractivity contribution is -0.00299. The Morgan fingerprint density at radius 2 is 0.644 bits per heavy atom. The minimum absolute atomic E-state index is 0.584. The van der Waals surface area contributed by atoms with Crippen LogP contribution in [0.1, 0.15) is 297 Å². The van der Waals surface area contributed by atoms with Crippen molar-refractivity contribution < 1.29 is 0 Å². The van der Waals surface area contributed by atoms with Gasteiger partial charge in [-0.25, -0.2) is 0 Å². The largest absolute Gasteiger partial charge is 0.0617 e. The highest BCUT2D eigenvalue weighted by atomic mass is 14.5.